The maximum atomic E-state index is 12.4. The first-order valence-electron chi connectivity index (χ1n) is 8.10. The second kappa shape index (κ2) is 9.78. The lowest BCUT2D eigenvalue weighted by atomic mass is 10.1. The van der Waals surface area contributed by atoms with E-state index in [4.69, 9.17) is 9.57 Å². The SMILES string of the molecule is CNC(=O)CCC(C(=O)OC(C)(C)C)N(C=O)OCc1ccccc1. The molecular formula is C18H26N2O5. The van der Waals surface area contributed by atoms with Gasteiger partial charge in [0.25, 0.3) is 0 Å². The monoisotopic (exact) mass is 350 g/mol. The summed E-state index contributed by atoms with van der Waals surface area (Å²) < 4.78 is 5.35. The third-order valence-electron chi connectivity index (χ3n) is 3.24. The summed E-state index contributed by atoms with van der Waals surface area (Å²) in [6, 6.07) is 8.25. The highest BCUT2D eigenvalue weighted by Gasteiger charge is 2.31. The van der Waals surface area contributed by atoms with Crippen LogP contribution in [0.3, 0.4) is 0 Å². The van der Waals surface area contributed by atoms with E-state index in [1.165, 1.54) is 7.05 Å². The Balaban J connectivity index is 2.82. The summed E-state index contributed by atoms with van der Waals surface area (Å²) >= 11 is 0. The summed E-state index contributed by atoms with van der Waals surface area (Å²) in [5.74, 6) is -0.848. The number of rotatable bonds is 9. The molecule has 7 heteroatoms. The zero-order valence-electron chi connectivity index (χ0n) is 15.2. The number of nitrogens with zero attached hydrogens (tertiary/aromatic N) is 1. The van der Waals surface area contributed by atoms with Crippen LogP contribution >= 0.6 is 0 Å². The molecule has 0 aliphatic rings. The van der Waals surface area contributed by atoms with Gasteiger partial charge in [-0.05, 0) is 32.8 Å². The molecule has 1 rings (SSSR count). The maximum Gasteiger partial charge on any atom is 0.332 e. The number of ether oxygens (including phenoxy) is 1. The van der Waals surface area contributed by atoms with E-state index in [9.17, 15) is 14.4 Å². The summed E-state index contributed by atoms with van der Waals surface area (Å²) in [7, 11) is 1.51. The van der Waals surface area contributed by atoms with E-state index in [2.05, 4.69) is 5.32 Å². The molecule has 0 aromatic heterocycles. The molecule has 0 bridgehead atoms. The van der Waals surface area contributed by atoms with E-state index >= 15 is 0 Å². The molecule has 0 fully saturated rings. The molecule has 1 N–H and O–H groups in total. The zero-order valence-corrected chi connectivity index (χ0v) is 15.2. The highest BCUT2D eigenvalue weighted by molar-refractivity contribution is 5.80. The Hall–Kier alpha value is -2.41. The minimum absolute atomic E-state index is 0.0689. The number of benzene rings is 1. The molecule has 0 heterocycles. The maximum absolute atomic E-state index is 12.4. The molecule has 0 radical (unpaired) electrons. The average molecular weight is 350 g/mol. The van der Waals surface area contributed by atoms with Crippen LogP contribution < -0.4 is 5.32 Å². The minimum atomic E-state index is -1.00. The lowest BCUT2D eigenvalue weighted by molar-refractivity contribution is -0.208. The molecule has 0 aliphatic carbocycles. The number of esters is 1. The van der Waals surface area contributed by atoms with Gasteiger partial charge in [-0.2, -0.15) is 0 Å². The first kappa shape index (κ1) is 20.6. The van der Waals surface area contributed by atoms with Crippen LogP contribution in [0.15, 0.2) is 30.3 Å². The molecule has 0 saturated carbocycles. The van der Waals surface area contributed by atoms with E-state index < -0.39 is 17.6 Å². The molecule has 0 spiro atoms. The number of nitrogens with one attached hydrogen (secondary N) is 1. The van der Waals surface area contributed by atoms with Crippen molar-refractivity contribution in [1.82, 2.24) is 10.4 Å². The Morgan fingerprint density at radius 3 is 2.40 bits per heavy atom. The van der Waals surface area contributed by atoms with Crippen molar-refractivity contribution < 1.29 is 24.0 Å². The summed E-state index contributed by atoms with van der Waals surface area (Å²) in [6.07, 6.45) is 0.600. The Morgan fingerprint density at radius 1 is 1.24 bits per heavy atom. The number of hydrogen-bond donors (Lipinski definition) is 1. The molecular weight excluding hydrogens is 324 g/mol. The predicted molar refractivity (Wildman–Crippen MR) is 92.1 cm³/mol. The van der Waals surface area contributed by atoms with Crippen molar-refractivity contribution in [3.8, 4) is 0 Å². The second-order valence-electron chi connectivity index (χ2n) is 6.49. The highest BCUT2D eigenvalue weighted by atomic mass is 16.7. The molecule has 0 aliphatic heterocycles. The van der Waals surface area contributed by atoms with E-state index in [0.29, 0.717) is 6.41 Å². The van der Waals surface area contributed by atoms with Crippen LogP contribution in [0.2, 0.25) is 0 Å². The molecule has 7 nitrogen and oxygen atoms in total. The van der Waals surface area contributed by atoms with Crippen LogP contribution in [0.1, 0.15) is 39.2 Å². The van der Waals surface area contributed by atoms with Crippen molar-refractivity contribution in [1.29, 1.82) is 0 Å². The molecule has 1 aromatic carbocycles. The van der Waals surface area contributed by atoms with Crippen LogP contribution in [-0.2, 0) is 30.6 Å². The molecule has 1 unspecified atom stereocenters. The molecule has 2 amide bonds. The van der Waals surface area contributed by atoms with Crippen LogP contribution in [0.25, 0.3) is 0 Å². The van der Waals surface area contributed by atoms with Crippen molar-refractivity contribution in [3.05, 3.63) is 35.9 Å². The lowest BCUT2D eigenvalue weighted by Crippen LogP contribution is -2.44. The standard InChI is InChI=1S/C18H26N2O5/c1-18(2,3)25-17(23)15(10-11-16(22)19-4)20(13-21)24-12-14-8-6-5-7-9-14/h5-9,13,15H,10-12H2,1-4H3,(H,19,22). The fourth-order valence-corrected chi connectivity index (χ4v) is 2.03. The van der Waals surface area contributed by atoms with Gasteiger partial charge in [0.1, 0.15) is 12.2 Å². The van der Waals surface area contributed by atoms with Gasteiger partial charge in [-0.3, -0.25) is 14.4 Å². The first-order valence-corrected chi connectivity index (χ1v) is 8.10. The Labute approximate surface area is 148 Å². The van der Waals surface area contributed by atoms with E-state index in [-0.39, 0.29) is 25.4 Å². The van der Waals surface area contributed by atoms with Crippen molar-refractivity contribution in [3.63, 3.8) is 0 Å². The van der Waals surface area contributed by atoms with Gasteiger partial charge >= 0.3 is 5.97 Å². The lowest BCUT2D eigenvalue weighted by Gasteiger charge is -2.29. The van der Waals surface area contributed by atoms with E-state index in [1.807, 2.05) is 30.3 Å². The van der Waals surface area contributed by atoms with Crippen LogP contribution in [0.4, 0.5) is 0 Å². The van der Waals surface area contributed by atoms with Gasteiger partial charge in [0.15, 0.2) is 6.04 Å². The topological polar surface area (TPSA) is 84.9 Å². The van der Waals surface area contributed by atoms with Gasteiger partial charge < -0.3 is 10.1 Å². The van der Waals surface area contributed by atoms with Crippen LogP contribution in [0, 0.1) is 0 Å². The third kappa shape index (κ3) is 7.80. The Kier molecular flexibility index (Phi) is 8.07. The molecule has 138 valence electrons. The number of carbonyl (C=O) groups is 3. The quantitative estimate of drug-likeness (QED) is 0.417. The fourth-order valence-electron chi connectivity index (χ4n) is 2.03. The van der Waals surface area contributed by atoms with Gasteiger partial charge in [-0.15, -0.1) is 0 Å². The summed E-state index contributed by atoms with van der Waals surface area (Å²) in [4.78, 5) is 40.9. The van der Waals surface area contributed by atoms with Crippen molar-refractivity contribution in [2.45, 2.75) is 51.9 Å². The second-order valence-corrected chi connectivity index (χ2v) is 6.49. The predicted octanol–water partition coefficient (Wildman–Crippen LogP) is 1.81. The van der Waals surface area contributed by atoms with Crippen molar-refractivity contribution >= 4 is 18.3 Å². The number of carbonyl (C=O) groups excluding carboxylic acids is 3. The largest absolute Gasteiger partial charge is 0.458 e. The molecule has 1 aromatic rings. The summed E-state index contributed by atoms with van der Waals surface area (Å²) in [5, 5.41) is 3.40. The van der Waals surface area contributed by atoms with Crippen LogP contribution in [-0.4, -0.2) is 42.0 Å². The summed E-state index contributed by atoms with van der Waals surface area (Å²) in [6.45, 7) is 5.32. The van der Waals surface area contributed by atoms with E-state index in [1.54, 1.807) is 20.8 Å². The minimum Gasteiger partial charge on any atom is -0.458 e. The molecule has 0 saturated heterocycles. The van der Waals surface area contributed by atoms with E-state index in [0.717, 1.165) is 10.6 Å². The third-order valence-corrected chi connectivity index (χ3v) is 3.24. The average Bonchev–Trinajstić information content (AvgIpc) is 2.56. The zero-order chi connectivity index (χ0) is 18.9. The smallest absolute Gasteiger partial charge is 0.332 e. The first-order chi connectivity index (χ1) is 11.8. The normalized spacial score (nSPS) is 12.2. The number of hydrogen-bond acceptors (Lipinski definition) is 5. The van der Waals surface area contributed by atoms with Crippen molar-refractivity contribution in [2.75, 3.05) is 7.05 Å². The number of amides is 2. The van der Waals surface area contributed by atoms with Crippen molar-refractivity contribution in [2.24, 2.45) is 0 Å². The highest BCUT2D eigenvalue weighted by Crippen LogP contribution is 2.16. The Morgan fingerprint density at radius 2 is 1.88 bits per heavy atom. The molecule has 1 atom stereocenters. The van der Waals surface area contributed by atoms with Gasteiger partial charge in [-0.1, -0.05) is 30.3 Å². The molecule has 25 heavy (non-hydrogen) atoms. The summed E-state index contributed by atoms with van der Waals surface area (Å²) in [5.41, 5.74) is 0.139. The van der Waals surface area contributed by atoms with Gasteiger partial charge in [0.2, 0.25) is 12.3 Å². The fraction of sp³-hybridized carbons (Fsp3) is 0.500. The Bertz CT molecular complexity index is 569. The number of hydroxylamine groups is 2. The van der Waals surface area contributed by atoms with Crippen LogP contribution in [0.5, 0.6) is 0 Å². The van der Waals surface area contributed by atoms with Gasteiger partial charge in [-0.25, -0.2) is 9.86 Å². The van der Waals surface area contributed by atoms with Gasteiger partial charge in [0, 0.05) is 13.5 Å². The van der Waals surface area contributed by atoms with Gasteiger partial charge in [0.05, 0.1) is 0 Å².